The molecule has 4 aromatic rings. The molecule has 1 N–H and O–H groups in total. The minimum Gasteiger partial charge on any atom is -0.339 e. The molecule has 0 saturated carbocycles. The van der Waals surface area contributed by atoms with Crippen molar-refractivity contribution >= 4 is 28.8 Å². The summed E-state index contributed by atoms with van der Waals surface area (Å²) in [5.74, 6) is -0.403. The number of pyridine rings is 2. The molecule has 142 valence electrons. The Hall–Kier alpha value is -3.13. The summed E-state index contributed by atoms with van der Waals surface area (Å²) in [5.41, 5.74) is 0.207. The number of anilines is 2. The molecule has 3 heterocycles. The Balaban J connectivity index is 2.01. The molecule has 0 spiro atoms. The molecule has 0 bridgehead atoms. The Labute approximate surface area is 161 Å². The van der Waals surface area contributed by atoms with E-state index in [0.717, 1.165) is 10.5 Å². The first-order valence-corrected chi connectivity index (χ1v) is 8.43. The lowest BCUT2D eigenvalue weighted by Crippen LogP contribution is -2.12. The molecule has 9 heteroatoms. The molecule has 1 aromatic carbocycles. The zero-order valence-corrected chi connectivity index (χ0v) is 14.8. The van der Waals surface area contributed by atoms with E-state index in [1.165, 1.54) is 48.8 Å². The monoisotopic (exact) mass is 406 g/mol. The number of aromatic nitrogens is 3. The molecule has 0 radical (unpaired) electrons. The topological polar surface area (TPSA) is 42.2 Å². The van der Waals surface area contributed by atoms with Crippen molar-refractivity contribution in [3.8, 4) is 11.3 Å². The highest BCUT2D eigenvalue weighted by Crippen LogP contribution is 2.38. The lowest BCUT2D eigenvalue weighted by atomic mass is 10.2. The van der Waals surface area contributed by atoms with Crippen molar-refractivity contribution < 1.29 is 17.6 Å². The fourth-order valence-corrected chi connectivity index (χ4v) is 3.06. The molecule has 3 aromatic heterocycles. The van der Waals surface area contributed by atoms with E-state index in [0.29, 0.717) is 11.3 Å². The average molecular weight is 407 g/mol. The van der Waals surface area contributed by atoms with Gasteiger partial charge in [0.1, 0.15) is 28.7 Å². The lowest BCUT2D eigenvalue weighted by molar-refractivity contribution is -0.141. The summed E-state index contributed by atoms with van der Waals surface area (Å²) in [6, 6.07) is 10.5. The van der Waals surface area contributed by atoms with Gasteiger partial charge in [-0.25, -0.2) is 9.37 Å². The SMILES string of the molecule is Fc1ccc(Nc2c(-c3ccncc3Cl)nc3cccc(C(F)(F)F)n23)cc1. The quantitative estimate of drug-likeness (QED) is 0.427. The van der Waals surface area contributed by atoms with Crippen LogP contribution in [0.3, 0.4) is 0 Å². The number of alkyl halides is 3. The number of halogens is 5. The highest BCUT2D eigenvalue weighted by atomic mass is 35.5. The third-order valence-electron chi connectivity index (χ3n) is 4.07. The highest BCUT2D eigenvalue weighted by Gasteiger charge is 2.35. The second-order valence-corrected chi connectivity index (χ2v) is 6.31. The largest absolute Gasteiger partial charge is 0.431 e. The Morgan fingerprint density at radius 2 is 1.75 bits per heavy atom. The van der Waals surface area contributed by atoms with Crippen LogP contribution in [0.25, 0.3) is 16.9 Å². The zero-order valence-electron chi connectivity index (χ0n) is 14.0. The van der Waals surface area contributed by atoms with E-state index in [9.17, 15) is 17.6 Å². The molecule has 0 atom stereocenters. The van der Waals surface area contributed by atoms with E-state index < -0.39 is 17.7 Å². The number of hydrogen-bond acceptors (Lipinski definition) is 3. The molecular weight excluding hydrogens is 396 g/mol. The van der Waals surface area contributed by atoms with Crippen LogP contribution in [-0.2, 0) is 6.18 Å². The van der Waals surface area contributed by atoms with Gasteiger partial charge in [-0.15, -0.1) is 0 Å². The van der Waals surface area contributed by atoms with E-state index in [4.69, 9.17) is 11.6 Å². The molecule has 0 aliphatic carbocycles. The summed E-state index contributed by atoms with van der Waals surface area (Å²) in [4.78, 5) is 8.24. The number of rotatable bonds is 3. The summed E-state index contributed by atoms with van der Waals surface area (Å²) in [7, 11) is 0. The molecule has 28 heavy (non-hydrogen) atoms. The van der Waals surface area contributed by atoms with Crippen molar-refractivity contribution in [2.24, 2.45) is 0 Å². The molecule has 0 unspecified atom stereocenters. The molecule has 0 saturated heterocycles. The van der Waals surface area contributed by atoms with Crippen LogP contribution < -0.4 is 5.32 Å². The molecular formula is C19H11ClF4N4. The molecule has 4 nitrogen and oxygen atoms in total. The van der Waals surface area contributed by atoms with Crippen LogP contribution in [0.5, 0.6) is 0 Å². The van der Waals surface area contributed by atoms with Crippen molar-refractivity contribution in [3.63, 3.8) is 0 Å². The number of nitrogens with one attached hydrogen (secondary N) is 1. The fraction of sp³-hybridized carbons (Fsp3) is 0.0526. The van der Waals surface area contributed by atoms with Gasteiger partial charge in [0.2, 0.25) is 0 Å². The summed E-state index contributed by atoms with van der Waals surface area (Å²) >= 11 is 6.20. The van der Waals surface area contributed by atoms with Gasteiger partial charge in [0.05, 0.1) is 5.02 Å². The zero-order chi connectivity index (χ0) is 19.9. The Morgan fingerprint density at radius 3 is 2.43 bits per heavy atom. The van der Waals surface area contributed by atoms with E-state index >= 15 is 0 Å². The standard InChI is InChI=1S/C19H11ClF4N4/c20-14-10-25-9-8-13(14)17-18(26-12-6-4-11(21)5-7-12)28-15(19(22,23)24)2-1-3-16(28)27-17/h1-10,26H. The fourth-order valence-electron chi connectivity index (χ4n) is 2.85. The van der Waals surface area contributed by atoms with Gasteiger partial charge in [0.25, 0.3) is 0 Å². The third kappa shape index (κ3) is 3.27. The summed E-state index contributed by atoms with van der Waals surface area (Å²) in [5, 5.41) is 3.15. The maximum Gasteiger partial charge on any atom is 0.431 e. The van der Waals surface area contributed by atoms with Gasteiger partial charge in [0.15, 0.2) is 0 Å². The van der Waals surface area contributed by atoms with Crippen LogP contribution in [-0.4, -0.2) is 14.4 Å². The first kappa shape index (κ1) is 18.2. The van der Waals surface area contributed by atoms with Gasteiger partial charge in [-0.2, -0.15) is 13.2 Å². The Bertz CT molecular complexity index is 1150. The number of nitrogens with zero attached hydrogens (tertiary/aromatic N) is 3. The Morgan fingerprint density at radius 1 is 1.00 bits per heavy atom. The van der Waals surface area contributed by atoms with E-state index in [2.05, 4.69) is 15.3 Å². The van der Waals surface area contributed by atoms with Crippen LogP contribution in [0.4, 0.5) is 29.1 Å². The van der Waals surface area contributed by atoms with Gasteiger partial charge < -0.3 is 5.32 Å². The summed E-state index contributed by atoms with van der Waals surface area (Å²) < 4.78 is 55.0. The molecule has 0 aliphatic heterocycles. The third-order valence-corrected chi connectivity index (χ3v) is 4.37. The lowest BCUT2D eigenvalue weighted by Gasteiger charge is -2.14. The molecule has 4 rings (SSSR count). The van der Waals surface area contributed by atoms with Gasteiger partial charge in [-0.3, -0.25) is 9.38 Å². The first-order chi connectivity index (χ1) is 13.3. The minimum absolute atomic E-state index is 0.0580. The van der Waals surface area contributed by atoms with Gasteiger partial charge in [0, 0.05) is 23.6 Å². The minimum atomic E-state index is -4.61. The normalized spacial score (nSPS) is 11.8. The van der Waals surface area contributed by atoms with Crippen LogP contribution in [0.2, 0.25) is 5.02 Å². The molecule has 0 fully saturated rings. The molecule has 0 amide bonds. The smallest absolute Gasteiger partial charge is 0.339 e. The number of hydrogen-bond donors (Lipinski definition) is 1. The van der Waals surface area contributed by atoms with Crippen molar-refractivity contribution in [1.29, 1.82) is 0 Å². The maximum absolute atomic E-state index is 13.6. The second-order valence-electron chi connectivity index (χ2n) is 5.90. The Kier molecular flexibility index (Phi) is 4.43. The summed E-state index contributed by atoms with van der Waals surface area (Å²) in [6.45, 7) is 0. The van der Waals surface area contributed by atoms with Crippen molar-refractivity contribution in [2.45, 2.75) is 6.18 Å². The van der Waals surface area contributed by atoms with Crippen LogP contribution in [0.15, 0.2) is 60.9 Å². The van der Waals surface area contributed by atoms with Gasteiger partial charge >= 0.3 is 6.18 Å². The van der Waals surface area contributed by atoms with Crippen LogP contribution in [0, 0.1) is 5.82 Å². The van der Waals surface area contributed by atoms with Crippen molar-refractivity contribution in [2.75, 3.05) is 5.32 Å². The van der Waals surface area contributed by atoms with Crippen molar-refractivity contribution in [3.05, 3.63) is 77.5 Å². The number of imidazole rings is 1. The predicted octanol–water partition coefficient (Wildman–Crippen LogP) is 5.95. The van der Waals surface area contributed by atoms with Crippen LogP contribution >= 0.6 is 11.6 Å². The summed E-state index contributed by atoms with van der Waals surface area (Å²) in [6.07, 6.45) is -1.76. The average Bonchev–Trinajstić information content (AvgIpc) is 3.01. The number of benzene rings is 1. The molecule has 0 aliphatic rings. The first-order valence-electron chi connectivity index (χ1n) is 8.06. The predicted molar refractivity (Wildman–Crippen MR) is 98.1 cm³/mol. The highest BCUT2D eigenvalue weighted by molar-refractivity contribution is 6.33. The van der Waals surface area contributed by atoms with Crippen molar-refractivity contribution in [1.82, 2.24) is 14.4 Å². The van der Waals surface area contributed by atoms with Crippen LogP contribution in [0.1, 0.15) is 5.69 Å². The van der Waals surface area contributed by atoms with Gasteiger partial charge in [-0.05, 0) is 42.5 Å². The van der Waals surface area contributed by atoms with E-state index in [1.54, 1.807) is 6.07 Å². The number of fused-ring (bicyclic) bond motifs is 1. The van der Waals surface area contributed by atoms with E-state index in [-0.39, 0.29) is 22.2 Å². The maximum atomic E-state index is 13.6. The van der Waals surface area contributed by atoms with E-state index in [1.807, 2.05) is 0 Å². The second kappa shape index (κ2) is 6.79. The van der Waals surface area contributed by atoms with Gasteiger partial charge in [-0.1, -0.05) is 17.7 Å².